The molecular formula is C24H20Cl2N2O3. The van der Waals surface area contributed by atoms with Crippen molar-refractivity contribution in [1.82, 2.24) is 4.90 Å². The number of halogens is 2. The summed E-state index contributed by atoms with van der Waals surface area (Å²) in [6.45, 7) is 1.62. The number of hydrogen-bond donors (Lipinski definition) is 1. The van der Waals surface area contributed by atoms with Crippen LogP contribution in [0.1, 0.15) is 22.7 Å². The first-order valence-electron chi connectivity index (χ1n) is 9.75. The van der Waals surface area contributed by atoms with Crippen LogP contribution in [0.15, 0.2) is 66.7 Å². The highest BCUT2D eigenvalue weighted by atomic mass is 35.5. The number of carbonyl (C=O) groups is 2. The molecule has 3 aromatic carbocycles. The molecule has 1 aliphatic rings. The van der Waals surface area contributed by atoms with Gasteiger partial charge in [0.15, 0.2) is 6.61 Å². The zero-order valence-electron chi connectivity index (χ0n) is 16.8. The third-order valence-corrected chi connectivity index (χ3v) is 5.61. The number of anilines is 1. The third-order valence-electron chi connectivity index (χ3n) is 5.08. The third kappa shape index (κ3) is 4.68. The second-order valence-corrected chi connectivity index (χ2v) is 8.18. The van der Waals surface area contributed by atoms with E-state index >= 15 is 0 Å². The molecule has 31 heavy (non-hydrogen) atoms. The van der Waals surface area contributed by atoms with Crippen LogP contribution in [-0.4, -0.2) is 29.9 Å². The number of hydrogen-bond acceptors (Lipinski definition) is 3. The van der Waals surface area contributed by atoms with Gasteiger partial charge in [0.2, 0.25) is 5.91 Å². The Morgan fingerprint density at radius 3 is 2.61 bits per heavy atom. The average Bonchev–Trinajstić information content (AvgIpc) is 2.89. The first kappa shape index (κ1) is 21.2. The lowest BCUT2D eigenvalue weighted by molar-refractivity contribution is -0.138. The largest absolute Gasteiger partial charge is 0.482 e. The van der Waals surface area contributed by atoms with E-state index in [2.05, 4.69) is 5.32 Å². The molecule has 1 heterocycles. The number of benzene rings is 3. The lowest BCUT2D eigenvalue weighted by Crippen LogP contribution is -2.41. The number of rotatable bonds is 4. The van der Waals surface area contributed by atoms with Crippen molar-refractivity contribution in [2.75, 3.05) is 18.5 Å². The lowest BCUT2D eigenvalue weighted by Gasteiger charge is -2.30. The predicted molar refractivity (Wildman–Crippen MR) is 122 cm³/mol. The molecule has 5 nitrogen and oxygen atoms in total. The second-order valence-electron chi connectivity index (χ2n) is 7.34. The van der Waals surface area contributed by atoms with E-state index < -0.39 is 6.04 Å². The Hall–Kier alpha value is -3.02. The highest BCUT2D eigenvalue weighted by molar-refractivity contribution is 6.35. The van der Waals surface area contributed by atoms with Gasteiger partial charge >= 0.3 is 0 Å². The lowest BCUT2D eigenvalue weighted by atomic mass is 9.94. The maximum absolute atomic E-state index is 13.3. The monoisotopic (exact) mass is 454 g/mol. The summed E-state index contributed by atoms with van der Waals surface area (Å²) >= 11 is 12.1. The molecule has 0 radical (unpaired) electrons. The molecule has 0 aliphatic carbocycles. The first-order valence-corrected chi connectivity index (χ1v) is 10.5. The minimum absolute atomic E-state index is 0.0934. The molecule has 0 spiro atoms. The molecule has 0 aromatic heterocycles. The maximum atomic E-state index is 13.3. The molecule has 1 atom stereocenters. The number of ether oxygens (including phenoxy) is 1. The molecule has 2 amide bonds. The molecule has 3 aromatic rings. The topological polar surface area (TPSA) is 58.6 Å². The van der Waals surface area contributed by atoms with Gasteiger partial charge in [0.1, 0.15) is 12.3 Å². The summed E-state index contributed by atoms with van der Waals surface area (Å²) in [4.78, 5) is 27.4. The van der Waals surface area contributed by atoms with E-state index in [0.29, 0.717) is 21.5 Å². The van der Waals surface area contributed by atoms with Crippen LogP contribution >= 0.6 is 23.2 Å². The molecule has 1 aliphatic heterocycles. The fourth-order valence-electron chi connectivity index (χ4n) is 3.67. The quantitative estimate of drug-likeness (QED) is 0.585. The Morgan fingerprint density at radius 2 is 1.87 bits per heavy atom. The zero-order valence-corrected chi connectivity index (χ0v) is 18.3. The van der Waals surface area contributed by atoms with E-state index in [9.17, 15) is 9.59 Å². The van der Waals surface area contributed by atoms with Crippen LogP contribution in [0.5, 0.6) is 5.75 Å². The summed E-state index contributed by atoms with van der Waals surface area (Å²) in [5, 5.41) is 3.70. The highest BCUT2D eigenvalue weighted by Gasteiger charge is 2.33. The molecule has 0 fully saturated rings. The van der Waals surface area contributed by atoms with Gasteiger partial charge in [0.05, 0.1) is 11.1 Å². The van der Waals surface area contributed by atoms with Gasteiger partial charge in [-0.05, 0) is 36.8 Å². The van der Waals surface area contributed by atoms with E-state index in [1.807, 2.05) is 55.5 Å². The number of aryl methyl sites for hydroxylation is 1. The van der Waals surface area contributed by atoms with Gasteiger partial charge in [-0.2, -0.15) is 0 Å². The standard InChI is InChI=1S/C24H20Cl2N2O3/c1-15-7-9-20-18(11-15)24(16-5-3-2-4-6-16)28(13-22(29)27-20)23(30)14-31-21-10-8-17(25)12-19(21)26/h2-12,24H,13-14H2,1H3,(H,27,29)/t24-/m0/s1. The Kier molecular flexibility index (Phi) is 6.16. The van der Waals surface area contributed by atoms with E-state index in [4.69, 9.17) is 27.9 Å². The van der Waals surface area contributed by atoms with Crippen molar-refractivity contribution < 1.29 is 14.3 Å². The van der Waals surface area contributed by atoms with E-state index in [1.165, 1.54) is 0 Å². The smallest absolute Gasteiger partial charge is 0.261 e. The summed E-state index contributed by atoms with van der Waals surface area (Å²) in [5.41, 5.74) is 3.49. The van der Waals surface area contributed by atoms with Crippen molar-refractivity contribution in [3.05, 3.63) is 93.5 Å². The molecule has 4 rings (SSSR count). The Balaban J connectivity index is 1.69. The molecule has 1 N–H and O–H groups in total. The summed E-state index contributed by atoms with van der Waals surface area (Å²) in [6.07, 6.45) is 0. The second kappa shape index (κ2) is 9.00. The minimum atomic E-state index is -0.438. The molecule has 0 unspecified atom stereocenters. The van der Waals surface area contributed by atoms with E-state index in [1.54, 1.807) is 23.1 Å². The van der Waals surface area contributed by atoms with Crippen LogP contribution in [-0.2, 0) is 9.59 Å². The number of nitrogens with one attached hydrogen (secondary N) is 1. The van der Waals surface area contributed by atoms with Crippen molar-refractivity contribution in [2.45, 2.75) is 13.0 Å². The van der Waals surface area contributed by atoms with Gasteiger partial charge < -0.3 is 15.0 Å². The summed E-state index contributed by atoms with van der Waals surface area (Å²) in [5.74, 6) is -0.239. The minimum Gasteiger partial charge on any atom is -0.482 e. The Labute approximate surface area is 190 Å². The molecule has 7 heteroatoms. The number of amides is 2. The Bertz CT molecular complexity index is 1130. The molecule has 0 saturated heterocycles. The van der Waals surface area contributed by atoms with Gasteiger partial charge in [-0.15, -0.1) is 0 Å². The zero-order chi connectivity index (χ0) is 22.0. The van der Waals surface area contributed by atoms with Gasteiger partial charge in [-0.1, -0.05) is 71.2 Å². The van der Waals surface area contributed by atoms with E-state index in [-0.39, 0.29) is 25.0 Å². The number of nitrogens with zero attached hydrogens (tertiary/aromatic N) is 1. The van der Waals surface area contributed by atoms with Crippen molar-refractivity contribution in [1.29, 1.82) is 0 Å². The van der Waals surface area contributed by atoms with Gasteiger partial charge in [0.25, 0.3) is 5.91 Å². The van der Waals surface area contributed by atoms with Crippen molar-refractivity contribution in [2.24, 2.45) is 0 Å². The van der Waals surface area contributed by atoms with Gasteiger partial charge in [-0.3, -0.25) is 9.59 Å². The maximum Gasteiger partial charge on any atom is 0.261 e. The SMILES string of the molecule is Cc1ccc2c(c1)[C@H](c1ccccc1)N(C(=O)COc1ccc(Cl)cc1Cl)CC(=O)N2. The summed E-state index contributed by atoms with van der Waals surface area (Å²) in [7, 11) is 0. The number of fused-ring (bicyclic) bond motifs is 1. The van der Waals surface area contributed by atoms with Gasteiger partial charge in [0, 0.05) is 16.3 Å². The van der Waals surface area contributed by atoms with Crippen molar-refractivity contribution in [3.8, 4) is 5.75 Å². The van der Waals surface area contributed by atoms with Crippen molar-refractivity contribution >= 4 is 40.7 Å². The Morgan fingerprint density at radius 1 is 1.10 bits per heavy atom. The van der Waals surface area contributed by atoms with Gasteiger partial charge in [-0.25, -0.2) is 0 Å². The van der Waals surface area contributed by atoms with Crippen LogP contribution in [0.25, 0.3) is 0 Å². The molecule has 0 bridgehead atoms. The van der Waals surface area contributed by atoms with Crippen LogP contribution in [0.3, 0.4) is 0 Å². The first-order chi connectivity index (χ1) is 14.9. The number of carbonyl (C=O) groups excluding carboxylic acids is 2. The fourth-order valence-corrected chi connectivity index (χ4v) is 4.13. The molecule has 158 valence electrons. The van der Waals surface area contributed by atoms with Crippen LogP contribution in [0, 0.1) is 6.92 Å². The van der Waals surface area contributed by atoms with Crippen LogP contribution in [0.4, 0.5) is 5.69 Å². The highest BCUT2D eigenvalue weighted by Crippen LogP contribution is 2.36. The summed E-state index contributed by atoms with van der Waals surface area (Å²) in [6, 6.07) is 19.8. The van der Waals surface area contributed by atoms with Crippen LogP contribution < -0.4 is 10.1 Å². The molecular weight excluding hydrogens is 435 g/mol. The molecule has 0 saturated carbocycles. The normalized spacial score (nSPS) is 15.6. The fraction of sp³-hybridized carbons (Fsp3) is 0.167. The average molecular weight is 455 g/mol. The predicted octanol–water partition coefficient (Wildman–Crippen LogP) is 5.25. The van der Waals surface area contributed by atoms with Crippen LogP contribution in [0.2, 0.25) is 10.0 Å². The van der Waals surface area contributed by atoms with Crippen molar-refractivity contribution in [3.63, 3.8) is 0 Å². The van der Waals surface area contributed by atoms with E-state index in [0.717, 1.165) is 16.7 Å². The summed E-state index contributed by atoms with van der Waals surface area (Å²) < 4.78 is 5.67.